The summed E-state index contributed by atoms with van der Waals surface area (Å²) in [4.78, 5) is 37.6. The zero-order valence-corrected chi connectivity index (χ0v) is 43.9. The van der Waals surface area contributed by atoms with Gasteiger partial charge in [0.2, 0.25) is 0 Å². The first-order valence-electron chi connectivity index (χ1n) is 28.1. The van der Waals surface area contributed by atoms with E-state index < -0.39 is 12.1 Å². The van der Waals surface area contributed by atoms with Crippen molar-refractivity contribution in [2.45, 2.75) is 271 Å². The Balaban J connectivity index is 4.00. The number of carbonyl (C=O) groups is 3. The van der Waals surface area contributed by atoms with Crippen LogP contribution in [0, 0.1) is 0 Å². The topological polar surface area (TPSA) is 78.9 Å². The second kappa shape index (κ2) is 55.2. The average molecular weight is 933 g/mol. The van der Waals surface area contributed by atoms with Gasteiger partial charge in [-0.25, -0.2) is 0 Å². The Bertz CT molecular complexity index is 1300. The fourth-order valence-corrected chi connectivity index (χ4v) is 7.70. The summed E-state index contributed by atoms with van der Waals surface area (Å²) in [7, 11) is 0. The smallest absolute Gasteiger partial charge is 0.306 e. The van der Waals surface area contributed by atoms with E-state index in [-0.39, 0.29) is 31.6 Å². The lowest BCUT2D eigenvalue weighted by molar-refractivity contribution is -0.166. The van der Waals surface area contributed by atoms with E-state index in [0.717, 1.165) is 89.9 Å². The number of unbranched alkanes of at least 4 members (excludes halogenated alkanes) is 25. The molecule has 384 valence electrons. The summed E-state index contributed by atoms with van der Waals surface area (Å²) >= 11 is 0. The fraction of sp³-hybridized carbons (Fsp3) is 0.721. The van der Waals surface area contributed by atoms with E-state index in [9.17, 15) is 14.4 Å². The molecule has 0 spiro atoms. The molecule has 67 heavy (non-hydrogen) atoms. The second-order valence-electron chi connectivity index (χ2n) is 18.5. The van der Waals surface area contributed by atoms with Crippen LogP contribution in [0.25, 0.3) is 0 Å². The molecule has 0 radical (unpaired) electrons. The lowest BCUT2D eigenvalue weighted by Gasteiger charge is -2.18. The Morgan fingerprint density at radius 3 is 0.970 bits per heavy atom. The van der Waals surface area contributed by atoms with Crippen LogP contribution in [-0.4, -0.2) is 37.2 Å². The van der Waals surface area contributed by atoms with Gasteiger partial charge in [0.1, 0.15) is 13.2 Å². The van der Waals surface area contributed by atoms with Crippen molar-refractivity contribution in [1.82, 2.24) is 0 Å². The molecule has 0 fully saturated rings. The quantitative estimate of drug-likeness (QED) is 0.0262. The number of rotatable bonds is 50. The van der Waals surface area contributed by atoms with Crippen LogP contribution >= 0.6 is 0 Å². The van der Waals surface area contributed by atoms with E-state index in [2.05, 4.69) is 93.7 Å². The van der Waals surface area contributed by atoms with E-state index in [1.54, 1.807) is 0 Å². The lowest BCUT2D eigenvalue weighted by Crippen LogP contribution is -2.30. The summed E-state index contributed by atoms with van der Waals surface area (Å²) in [5.41, 5.74) is 0. The summed E-state index contributed by atoms with van der Waals surface area (Å²) < 4.78 is 16.6. The number of hydrogen-bond acceptors (Lipinski definition) is 6. The van der Waals surface area contributed by atoms with Crippen molar-refractivity contribution in [3.05, 3.63) is 85.1 Å². The molecule has 0 N–H and O–H groups in total. The molecule has 1 atom stereocenters. The number of allylic oxidation sites excluding steroid dienone is 14. The van der Waals surface area contributed by atoms with Gasteiger partial charge in [0, 0.05) is 19.3 Å². The predicted octanol–water partition coefficient (Wildman–Crippen LogP) is 18.8. The van der Waals surface area contributed by atoms with Gasteiger partial charge in [-0.05, 0) is 83.5 Å². The summed E-state index contributed by atoms with van der Waals surface area (Å²) in [5, 5.41) is 0. The van der Waals surface area contributed by atoms with Crippen LogP contribution in [0.5, 0.6) is 0 Å². The molecule has 0 saturated heterocycles. The maximum Gasteiger partial charge on any atom is 0.306 e. The van der Waals surface area contributed by atoms with Gasteiger partial charge in [0.15, 0.2) is 6.10 Å². The molecular weight excluding hydrogens is 829 g/mol. The molecule has 0 heterocycles. The van der Waals surface area contributed by atoms with E-state index in [4.69, 9.17) is 14.2 Å². The normalized spacial score (nSPS) is 12.7. The number of hydrogen-bond donors (Lipinski definition) is 0. The summed E-state index contributed by atoms with van der Waals surface area (Å²) in [6.07, 6.45) is 72.3. The third-order valence-electron chi connectivity index (χ3n) is 11.9. The molecule has 0 rings (SSSR count). The van der Waals surface area contributed by atoms with Gasteiger partial charge in [-0.2, -0.15) is 0 Å². The van der Waals surface area contributed by atoms with E-state index >= 15 is 0 Å². The van der Waals surface area contributed by atoms with Crippen molar-refractivity contribution in [3.63, 3.8) is 0 Å². The molecule has 0 aliphatic rings. The van der Waals surface area contributed by atoms with E-state index in [0.29, 0.717) is 19.3 Å². The molecule has 0 amide bonds. The van der Waals surface area contributed by atoms with Gasteiger partial charge in [0.05, 0.1) is 0 Å². The third-order valence-corrected chi connectivity index (χ3v) is 11.9. The highest BCUT2D eigenvalue weighted by molar-refractivity contribution is 5.71. The van der Waals surface area contributed by atoms with Crippen molar-refractivity contribution in [1.29, 1.82) is 0 Å². The van der Waals surface area contributed by atoms with Crippen LogP contribution in [0.1, 0.15) is 265 Å². The van der Waals surface area contributed by atoms with Crippen molar-refractivity contribution in [2.75, 3.05) is 13.2 Å². The van der Waals surface area contributed by atoms with Crippen LogP contribution in [0.4, 0.5) is 0 Å². The van der Waals surface area contributed by atoms with E-state index in [1.165, 1.54) is 128 Å². The molecule has 1 unspecified atom stereocenters. The van der Waals surface area contributed by atoms with Crippen LogP contribution in [-0.2, 0) is 28.6 Å². The molecular formula is C61H104O6. The fourth-order valence-electron chi connectivity index (χ4n) is 7.70. The first-order valence-corrected chi connectivity index (χ1v) is 28.1. The molecule has 6 heteroatoms. The largest absolute Gasteiger partial charge is 0.462 e. The molecule has 0 aromatic heterocycles. The highest BCUT2D eigenvalue weighted by Crippen LogP contribution is 2.15. The van der Waals surface area contributed by atoms with Gasteiger partial charge in [-0.1, -0.05) is 247 Å². The number of esters is 3. The van der Waals surface area contributed by atoms with Crippen molar-refractivity contribution < 1.29 is 28.6 Å². The molecule has 0 aliphatic heterocycles. The first-order chi connectivity index (χ1) is 33.0. The minimum atomic E-state index is -0.809. The zero-order valence-electron chi connectivity index (χ0n) is 43.9. The number of ether oxygens (including phenoxy) is 3. The summed E-state index contributed by atoms with van der Waals surface area (Å²) in [5.74, 6) is -1.00. The van der Waals surface area contributed by atoms with Crippen LogP contribution in [0.3, 0.4) is 0 Å². The van der Waals surface area contributed by atoms with Crippen LogP contribution < -0.4 is 0 Å². The maximum atomic E-state index is 12.7. The maximum absolute atomic E-state index is 12.7. The molecule has 0 saturated carbocycles. The van der Waals surface area contributed by atoms with Crippen molar-refractivity contribution in [3.8, 4) is 0 Å². The minimum absolute atomic E-state index is 0.104. The Kier molecular flexibility index (Phi) is 52.4. The Morgan fingerprint density at radius 2 is 0.612 bits per heavy atom. The molecule has 0 bridgehead atoms. The lowest BCUT2D eigenvalue weighted by atomic mass is 10.0. The molecule has 0 aliphatic carbocycles. The Labute approximate surface area is 414 Å². The second-order valence-corrected chi connectivity index (χ2v) is 18.5. The van der Waals surface area contributed by atoms with Gasteiger partial charge in [-0.3, -0.25) is 14.4 Å². The van der Waals surface area contributed by atoms with E-state index in [1.807, 2.05) is 12.2 Å². The summed E-state index contributed by atoms with van der Waals surface area (Å²) in [6, 6.07) is 0. The van der Waals surface area contributed by atoms with Crippen molar-refractivity contribution >= 4 is 17.9 Å². The summed E-state index contributed by atoms with van der Waals surface area (Å²) in [6.45, 7) is 6.36. The van der Waals surface area contributed by atoms with Crippen LogP contribution in [0.15, 0.2) is 85.1 Å². The highest BCUT2D eigenvalue weighted by atomic mass is 16.6. The van der Waals surface area contributed by atoms with Crippen molar-refractivity contribution in [2.24, 2.45) is 0 Å². The van der Waals surface area contributed by atoms with Gasteiger partial charge in [-0.15, -0.1) is 0 Å². The zero-order chi connectivity index (χ0) is 48.6. The average Bonchev–Trinajstić information content (AvgIpc) is 3.33. The monoisotopic (exact) mass is 933 g/mol. The highest BCUT2D eigenvalue weighted by Gasteiger charge is 2.19. The molecule has 6 nitrogen and oxygen atoms in total. The standard InChI is InChI=1S/C61H104O6/c1-4-7-10-13-15-17-19-21-22-23-24-25-26-27-28-29-30-31-32-33-34-35-36-37-38-40-41-43-45-48-51-54-60(63)66-57-58(56-65-59(62)53-50-47-12-9-6-3)67-61(64)55-52-49-46-44-42-39-20-18-16-14-11-8-5-2/h8,11,16,18-19,21,23-24,26-27,39,42,46,49,58H,4-7,9-10,12-15,17,20,22,25,28-38,40-41,43-45,47-48,50-57H2,1-3H3/b11-8-,18-16-,21-19-,24-23-,27-26-,42-39-,49-46-. The van der Waals surface area contributed by atoms with Gasteiger partial charge < -0.3 is 14.2 Å². The Morgan fingerprint density at radius 1 is 0.313 bits per heavy atom. The molecule has 0 aromatic carbocycles. The Hall–Kier alpha value is -3.41. The van der Waals surface area contributed by atoms with Gasteiger partial charge >= 0.3 is 17.9 Å². The molecule has 0 aromatic rings. The minimum Gasteiger partial charge on any atom is -0.462 e. The van der Waals surface area contributed by atoms with Gasteiger partial charge in [0.25, 0.3) is 0 Å². The first kappa shape index (κ1) is 63.6. The number of carbonyl (C=O) groups excluding carboxylic acids is 3. The SMILES string of the molecule is CC/C=C\C/C=C\C/C=C\C/C=C\CCC(=O)OC(COC(=O)CCCCCCC)COC(=O)CCCCCCCCCCCCCCCCCC/C=C\C/C=C\C/C=C\CCCCCCC. The third kappa shape index (κ3) is 53.4. The van der Waals surface area contributed by atoms with Crippen LogP contribution in [0.2, 0.25) is 0 Å². The predicted molar refractivity (Wildman–Crippen MR) is 288 cm³/mol.